The number of methoxy groups -OCH3 is 2. The van der Waals surface area contributed by atoms with E-state index in [1.54, 1.807) is 31.2 Å². The number of carbonyl (C=O) groups is 1. The number of carbonyl (C=O) groups excluding carboxylic acids is 1. The van der Waals surface area contributed by atoms with Crippen LogP contribution >= 0.6 is 0 Å². The molecule has 31 heavy (non-hydrogen) atoms. The summed E-state index contributed by atoms with van der Waals surface area (Å²) < 4.78 is 12.4. The van der Waals surface area contributed by atoms with Crippen molar-refractivity contribution in [1.82, 2.24) is 9.78 Å². The lowest BCUT2D eigenvalue weighted by Gasteiger charge is -2.08. The molecule has 0 fully saturated rings. The standard InChI is InChI=1S/C25H23N3O3/c1-30-21-12-6-10-19(14-21)24-23(17-28(27-24)16-18-8-4-3-5-9-18)25(29)26-20-11-7-13-22(15-20)31-2/h3-15,17H,16H2,1-2H3,(H,26,29). The summed E-state index contributed by atoms with van der Waals surface area (Å²) in [6, 6.07) is 24.8. The number of amides is 1. The minimum Gasteiger partial charge on any atom is -0.497 e. The van der Waals surface area contributed by atoms with Gasteiger partial charge >= 0.3 is 0 Å². The van der Waals surface area contributed by atoms with Gasteiger partial charge in [0.05, 0.1) is 26.3 Å². The molecular formula is C25H23N3O3. The van der Waals surface area contributed by atoms with E-state index < -0.39 is 0 Å². The van der Waals surface area contributed by atoms with Crippen molar-refractivity contribution in [3.63, 3.8) is 0 Å². The van der Waals surface area contributed by atoms with E-state index in [0.717, 1.165) is 11.1 Å². The van der Waals surface area contributed by atoms with E-state index in [4.69, 9.17) is 14.6 Å². The third-order valence-electron chi connectivity index (χ3n) is 4.86. The first-order chi connectivity index (χ1) is 15.2. The van der Waals surface area contributed by atoms with Gasteiger partial charge in [-0.05, 0) is 29.8 Å². The molecule has 0 aliphatic rings. The number of nitrogens with zero attached hydrogens (tertiary/aromatic N) is 2. The summed E-state index contributed by atoms with van der Waals surface area (Å²) in [5, 5.41) is 7.67. The van der Waals surface area contributed by atoms with E-state index in [9.17, 15) is 4.79 Å². The highest BCUT2D eigenvalue weighted by Gasteiger charge is 2.19. The molecule has 0 aliphatic carbocycles. The molecule has 0 radical (unpaired) electrons. The predicted octanol–water partition coefficient (Wildman–Crippen LogP) is 4.87. The maximum absolute atomic E-state index is 13.2. The molecule has 0 aliphatic heterocycles. The van der Waals surface area contributed by atoms with Crippen molar-refractivity contribution < 1.29 is 14.3 Å². The van der Waals surface area contributed by atoms with Gasteiger partial charge in [-0.2, -0.15) is 5.10 Å². The number of hydrogen-bond acceptors (Lipinski definition) is 4. The summed E-state index contributed by atoms with van der Waals surface area (Å²) >= 11 is 0. The summed E-state index contributed by atoms with van der Waals surface area (Å²) in [4.78, 5) is 13.2. The number of hydrogen-bond donors (Lipinski definition) is 1. The molecule has 0 saturated heterocycles. The molecule has 0 atom stereocenters. The Morgan fingerprint density at radius 3 is 2.35 bits per heavy atom. The highest BCUT2D eigenvalue weighted by Crippen LogP contribution is 2.27. The summed E-state index contributed by atoms with van der Waals surface area (Å²) in [5.74, 6) is 1.13. The Hall–Kier alpha value is -4.06. The Labute approximate surface area is 181 Å². The fourth-order valence-electron chi connectivity index (χ4n) is 3.32. The fraction of sp³-hybridized carbons (Fsp3) is 0.120. The molecule has 3 aromatic carbocycles. The Balaban J connectivity index is 1.70. The average molecular weight is 413 g/mol. The van der Waals surface area contributed by atoms with E-state index >= 15 is 0 Å². The van der Waals surface area contributed by atoms with Gasteiger partial charge in [-0.3, -0.25) is 9.48 Å². The van der Waals surface area contributed by atoms with E-state index in [1.807, 2.05) is 72.8 Å². The molecule has 1 amide bonds. The first-order valence-corrected chi connectivity index (χ1v) is 9.87. The number of benzene rings is 3. The molecule has 1 N–H and O–H groups in total. The van der Waals surface area contributed by atoms with Gasteiger partial charge in [-0.1, -0.05) is 48.5 Å². The summed E-state index contributed by atoms with van der Waals surface area (Å²) in [7, 11) is 3.21. The largest absolute Gasteiger partial charge is 0.497 e. The Morgan fingerprint density at radius 2 is 1.61 bits per heavy atom. The van der Waals surface area contributed by atoms with Crippen LogP contribution in [-0.2, 0) is 6.54 Å². The molecule has 4 aromatic rings. The zero-order valence-electron chi connectivity index (χ0n) is 17.4. The number of ether oxygens (including phenoxy) is 2. The van der Waals surface area contributed by atoms with Crippen molar-refractivity contribution in [2.45, 2.75) is 6.54 Å². The number of aromatic nitrogens is 2. The minimum absolute atomic E-state index is 0.245. The summed E-state index contributed by atoms with van der Waals surface area (Å²) in [6.45, 7) is 0.560. The molecule has 6 heteroatoms. The van der Waals surface area contributed by atoms with Gasteiger partial charge in [0.2, 0.25) is 0 Å². The predicted molar refractivity (Wildman–Crippen MR) is 121 cm³/mol. The van der Waals surface area contributed by atoms with Gasteiger partial charge in [0.1, 0.15) is 17.2 Å². The fourth-order valence-corrected chi connectivity index (χ4v) is 3.32. The lowest BCUT2D eigenvalue weighted by atomic mass is 10.1. The highest BCUT2D eigenvalue weighted by molar-refractivity contribution is 6.08. The third kappa shape index (κ3) is 4.75. The summed E-state index contributed by atoms with van der Waals surface area (Å²) in [6.07, 6.45) is 1.78. The smallest absolute Gasteiger partial charge is 0.259 e. The molecule has 0 spiro atoms. The van der Waals surface area contributed by atoms with Gasteiger partial charge in [-0.25, -0.2) is 0 Å². The van der Waals surface area contributed by atoms with Crippen molar-refractivity contribution in [2.75, 3.05) is 19.5 Å². The van der Waals surface area contributed by atoms with Crippen molar-refractivity contribution in [2.24, 2.45) is 0 Å². The van der Waals surface area contributed by atoms with Crippen LogP contribution in [0.2, 0.25) is 0 Å². The van der Waals surface area contributed by atoms with Gasteiger partial charge < -0.3 is 14.8 Å². The number of rotatable bonds is 7. The van der Waals surface area contributed by atoms with Crippen molar-refractivity contribution in [3.8, 4) is 22.8 Å². The maximum atomic E-state index is 13.2. The average Bonchev–Trinajstić information content (AvgIpc) is 3.24. The Morgan fingerprint density at radius 1 is 0.903 bits per heavy atom. The normalized spacial score (nSPS) is 10.5. The van der Waals surface area contributed by atoms with Gasteiger partial charge in [-0.15, -0.1) is 0 Å². The zero-order chi connectivity index (χ0) is 21.6. The van der Waals surface area contributed by atoms with Crippen LogP contribution in [0.15, 0.2) is 85.1 Å². The molecule has 0 bridgehead atoms. The molecular weight excluding hydrogens is 390 g/mol. The van der Waals surface area contributed by atoms with E-state index in [1.165, 1.54) is 0 Å². The highest BCUT2D eigenvalue weighted by atomic mass is 16.5. The molecule has 0 saturated carbocycles. The van der Waals surface area contributed by atoms with Crippen molar-refractivity contribution >= 4 is 11.6 Å². The van der Waals surface area contributed by atoms with Crippen molar-refractivity contribution in [3.05, 3.63) is 96.2 Å². The molecule has 1 aromatic heterocycles. The van der Waals surface area contributed by atoms with Crippen LogP contribution in [0.3, 0.4) is 0 Å². The lowest BCUT2D eigenvalue weighted by molar-refractivity contribution is 0.102. The zero-order valence-corrected chi connectivity index (χ0v) is 17.4. The van der Waals surface area contributed by atoms with E-state index in [0.29, 0.717) is 35.0 Å². The lowest BCUT2D eigenvalue weighted by Crippen LogP contribution is -2.12. The second-order valence-corrected chi connectivity index (χ2v) is 6.99. The minimum atomic E-state index is -0.245. The SMILES string of the molecule is COc1cccc(NC(=O)c2cn(Cc3ccccc3)nc2-c2cccc(OC)c2)c1. The van der Waals surface area contributed by atoms with Crippen LogP contribution in [0.25, 0.3) is 11.3 Å². The Kier molecular flexibility index (Phi) is 5.98. The quantitative estimate of drug-likeness (QED) is 0.470. The van der Waals surface area contributed by atoms with Crippen molar-refractivity contribution in [1.29, 1.82) is 0 Å². The molecule has 0 unspecified atom stereocenters. The molecule has 156 valence electrons. The first kappa shape index (κ1) is 20.2. The van der Waals surface area contributed by atoms with Gasteiger partial charge in [0.25, 0.3) is 5.91 Å². The number of anilines is 1. The van der Waals surface area contributed by atoms with Crippen LogP contribution < -0.4 is 14.8 Å². The molecule has 1 heterocycles. The second-order valence-electron chi connectivity index (χ2n) is 6.99. The third-order valence-corrected chi connectivity index (χ3v) is 4.86. The van der Waals surface area contributed by atoms with Gasteiger partial charge in [0.15, 0.2) is 0 Å². The van der Waals surface area contributed by atoms with E-state index in [-0.39, 0.29) is 5.91 Å². The van der Waals surface area contributed by atoms with Crippen LogP contribution in [0.1, 0.15) is 15.9 Å². The Bertz CT molecular complexity index is 1190. The maximum Gasteiger partial charge on any atom is 0.259 e. The second kappa shape index (κ2) is 9.17. The molecule has 6 nitrogen and oxygen atoms in total. The first-order valence-electron chi connectivity index (χ1n) is 9.87. The van der Waals surface area contributed by atoms with Crippen LogP contribution in [0.4, 0.5) is 5.69 Å². The summed E-state index contributed by atoms with van der Waals surface area (Å²) in [5.41, 5.74) is 3.63. The van der Waals surface area contributed by atoms with Crippen LogP contribution in [0.5, 0.6) is 11.5 Å². The molecule has 4 rings (SSSR count). The van der Waals surface area contributed by atoms with Gasteiger partial charge in [0, 0.05) is 23.5 Å². The monoisotopic (exact) mass is 413 g/mol. The van der Waals surface area contributed by atoms with Crippen LogP contribution in [0, 0.1) is 0 Å². The van der Waals surface area contributed by atoms with Crippen LogP contribution in [-0.4, -0.2) is 29.9 Å². The topological polar surface area (TPSA) is 65.4 Å². The number of nitrogens with one attached hydrogen (secondary N) is 1. The van der Waals surface area contributed by atoms with E-state index in [2.05, 4.69) is 5.32 Å².